The zero-order valence-electron chi connectivity index (χ0n) is 25.1. The summed E-state index contributed by atoms with van der Waals surface area (Å²) in [7, 11) is 0. The molecular weight excluding hydrogens is 558 g/mol. The van der Waals surface area contributed by atoms with Crippen molar-refractivity contribution >= 4 is 32.6 Å². The second-order valence-corrected chi connectivity index (χ2v) is 11.7. The van der Waals surface area contributed by atoms with Crippen LogP contribution in [0, 0.1) is 0 Å². The molecule has 0 bridgehead atoms. The van der Waals surface area contributed by atoms with Crippen molar-refractivity contribution in [3.8, 4) is 50.6 Å². The van der Waals surface area contributed by atoms with Gasteiger partial charge in [-0.3, -0.25) is 0 Å². The van der Waals surface area contributed by atoms with E-state index in [-0.39, 0.29) is 0 Å². The summed E-state index contributed by atoms with van der Waals surface area (Å²) in [5.41, 5.74) is 10.2. The number of rotatable bonds is 5. The van der Waals surface area contributed by atoms with Crippen LogP contribution >= 0.6 is 0 Å². The number of furan rings is 1. The summed E-state index contributed by atoms with van der Waals surface area (Å²) in [5, 5.41) is 4.65. The first-order valence-electron chi connectivity index (χ1n) is 15.7. The summed E-state index contributed by atoms with van der Waals surface area (Å²) in [6.07, 6.45) is 0. The number of hydrogen-bond donors (Lipinski definition) is 0. The van der Waals surface area contributed by atoms with Crippen LogP contribution in [-0.2, 0) is 0 Å². The number of benzene rings is 7. The van der Waals surface area contributed by atoms with Crippen LogP contribution in [0.1, 0.15) is 0 Å². The van der Waals surface area contributed by atoms with Gasteiger partial charge in [-0.2, -0.15) is 0 Å². The van der Waals surface area contributed by atoms with E-state index in [1.807, 2.05) is 0 Å². The molecule has 0 atom stereocenters. The molecule has 46 heavy (non-hydrogen) atoms. The molecule has 2 heteroatoms. The zero-order chi connectivity index (χ0) is 30.5. The topological polar surface area (TPSA) is 18.1 Å². The van der Waals surface area contributed by atoms with Crippen molar-refractivity contribution in [1.29, 1.82) is 0 Å². The largest absolute Gasteiger partial charge is 0.455 e. The molecule has 0 radical (unpaired) electrons. The van der Waals surface area contributed by atoms with Crippen molar-refractivity contribution in [3.63, 3.8) is 0 Å². The molecule has 2 aromatic heterocycles. The van der Waals surface area contributed by atoms with E-state index in [0.717, 1.165) is 55.8 Å². The molecule has 0 amide bonds. The second-order valence-electron chi connectivity index (χ2n) is 11.7. The maximum absolute atomic E-state index is 7.14. The first-order valence-corrected chi connectivity index (χ1v) is 15.7. The van der Waals surface area contributed by atoms with E-state index < -0.39 is 0 Å². The lowest BCUT2D eigenvalue weighted by atomic mass is 9.94. The Labute approximate surface area is 267 Å². The summed E-state index contributed by atoms with van der Waals surface area (Å²) in [5.74, 6) is 1.74. The molecule has 0 fully saturated rings. The number of fused-ring (bicyclic) bond motifs is 4. The fourth-order valence-electron chi connectivity index (χ4n) is 6.97. The van der Waals surface area contributed by atoms with Gasteiger partial charge in [0.2, 0.25) is 0 Å². The summed E-state index contributed by atoms with van der Waals surface area (Å²) < 4.78 is 9.54. The van der Waals surface area contributed by atoms with Crippen molar-refractivity contribution in [2.45, 2.75) is 0 Å². The maximum Gasteiger partial charge on any atom is 0.145 e. The van der Waals surface area contributed by atoms with Crippen LogP contribution < -0.4 is 0 Å². The fourth-order valence-corrected chi connectivity index (χ4v) is 6.97. The van der Waals surface area contributed by atoms with E-state index in [0.29, 0.717) is 0 Å². The predicted molar refractivity (Wildman–Crippen MR) is 192 cm³/mol. The first kappa shape index (κ1) is 26.3. The number of hydrogen-bond acceptors (Lipinski definition) is 1. The third-order valence-corrected chi connectivity index (χ3v) is 9.03. The third kappa shape index (κ3) is 4.19. The van der Waals surface area contributed by atoms with Gasteiger partial charge >= 0.3 is 0 Å². The third-order valence-electron chi connectivity index (χ3n) is 9.03. The zero-order valence-corrected chi connectivity index (χ0v) is 25.1. The second kappa shape index (κ2) is 10.8. The summed E-state index contributed by atoms with van der Waals surface area (Å²) in [6.45, 7) is 0. The highest BCUT2D eigenvalue weighted by Crippen LogP contribution is 2.47. The number of para-hydroxylation sites is 2. The van der Waals surface area contributed by atoms with Gasteiger partial charge in [-0.15, -0.1) is 0 Å². The van der Waals surface area contributed by atoms with Gasteiger partial charge in [-0.05, 0) is 46.5 Å². The summed E-state index contributed by atoms with van der Waals surface area (Å²) in [6, 6.07) is 62.4. The molecule has 0 aliphatic rings. The molecule has 9 rings (SSSR count). The normalized spacial score (nSPS) is 11.5. The van der Waals surface area contributed by atoms with Crippen LogP contribution in [0.25, 0.3) is 83.2 Å². The lowest BCUT2D eigenvalue weighted by Gasteiger charge is -2.17. The first-order chi connectivity index (χ1) is 22.8. The van der Waals surface area contributed by atoms with Crippen molar-refractivity contribution in [1.82, 2.24) is 4.57 Å². The minimum absolute atomic E-state index is 0.868. The molecule has 216 valence electrons. The summed E-state index contributed by atoms with van der Waals surface area (Å²) >= 11 is 0. The smallest absolute Gasteiger partial charge is 0.145 e. The Hall–Kier alpha value is -6.12. The van der Waals surface area contributed by atoms with E-state index in [1.54, 1.807) is 0 Å². The highest BCUT2D eigenvalue weighted by atomic mass is 16.3. The standard InChI is InChI=1S/C44H29NO/c1-3-15-30(16-4-1)32-19-13-20-33(29-32)43-37-23-7-8-24-38(37)44(46-43)42-34(31-17-5-2-6-18-31)25-14-28-41(42)45-39-26-11-9-21-35(39)36-22-10-12-27-40(36)45/h1-29H. The van der Waals surface area contributed by atoms with E-state index in [9.17, 15) is 0 Å². The Bertz CT molecular complexity index is 2460. The molecule has 2 heterocycles. The van der Waals surface area contributed by atoms with Crippen LogP contribution in [0.4, 0.5) is 0 Å². The van der Waals surface area contributed by atoms with Crippen LogP contribution in [-0.4, -0.2) is 4.57 Å². The predicted octanol–water partition coefficient (Wildman–Crippen LogP) is 12.2. The Balaban J connectivity index is 1.37. The monoisotopic (exact) mass is 587 g/mol. The van der Waals surface area contributed by atoms with E-state index >= 15 is 0 Å². The fraction of sp³-hybridized carbons (Fsp3) is 0. The van der Waals surface area contributed by atoms with Crippen molar-refractivity contribution in [3.05, 3.63) is 176 Å². The molecule has 0 saturated carbocycles. The van der Waals surface area contributed by atoms with Crippen molar-refractivity contribution < 1.29 is 4.42 Å². The Morgan fingerprint density at radius 1 is 0.348 bits per heavy atom. The Morgan fingerprint density at radius 2 is 0.848 bits per heavy atom. The van der Waals surface area contributed by atoms with E-state index in [1.165, 1.54) is 27.4 Å². The molecule has 9 aromatic rings. The van der Waals surface area contributed by atoms with Gasteiger partial charge in [0.15, 0.2) is 0 Å². The van der Waals surface area contributed by atoms with Crippen LogP contribution in [0.2, 0.25) is 0 Å². The van der Waals surface area contributed by atoms with E-state index in [2.05, 4.69) is 180 Å². The van der Waals surface area contributed by atoms with E-state index in [4.69, 9.17) is 4.42 Å². The molecule has 0 saturated heterocycles. The van der Waals surface area contributed by atoms with Gasteiger partial charge in [-0.25, -0.2) is 0 Å². The van der Waals surface area contributed by atoms with Crippen molar-refractivity contribution in [2.24, 2.45) is 0 Å². The van der Waals surface area contributed by atoms with Gasteiger partial charge < -0.3 is 8.98 Å². The lowest BCUT2D eigenvalue weighted by Crippen LogP contribution is -1.99. The van der Waals surface area contributed by atoms with Gasteiger partial charge in [0.05, 0.1) is 16.7 Å². The van der Waals surface area contributed by atoms with Gasteiger partial charge in [0, 0.05) is 32.7 Å². The minimum atomic E-state index is 0.868. The molecular formula is C44H29NO. The Morgan fingerprint density at radius 3 is 1.52 bits per heavy atom. The lowest BCUT2D eigenvalue weighted by molar-refractivity contribution is 0.602. The van der Waals surface area contributed by atoms with Crippen LogP contribution in [0.5, 0.6) is 0 Å². The highest BCUT2D eigenvalue weighted by molar-refractivity contribution is 6.11. The molecule has 0 aliphatic carbocycles. The Kier molecular flexibility index (Phi) is 6.17. The average Bonchev–Trinajstić information content (AvgIpc) is 3.68. The van der Waals surface area contributed by atoms with Gasteiger partial charge in [0.1, 0.15) is 11.5 Å². The number of nitrogens with zero attached hydrogens (tertiary/aromatic N) is 1. The quantitative estimate of drug-likeness (QED) is 0.196. The van der Waals surface area contributed by atoms with Crippen LogP contribution in [0.15, 0.2) is 180 Å². The van der Waals surface area contributed by atoms with Crippen molar-refractivity contribution in [2.75, 3.05) is 0 Å². The highest BCUT2D eigenvalue weighted by Gasteiger charge is 2.24. The molecule has 0 spiro atoms. The maximum atomic E-state index is 7.14. The number of aromatic nitrogens is 1. The van der Waals surface area contributed by atoms with Gasteiger partial charge in [0.25, 0.3) is 0 Å². The van der Waals surface area contributed by atoms with Crippen LogP contribution in [0.3, 0.4) is 0 Å². The minimum Gasteiger partial charge on any atom is -0.455 e. The molecule has 0 unspecified atom stereocenters. The molecule has 2 nitrogen and oxygen atoms in total. The average molecular weight is 588 g/mol. The summed E-state index contributed by atoms with van der Waals surface area (Å²) in [4.78, 5) is 0. The molecule has 7 aromatic carbocycles. The molecule has 0 N–H and O–H groups in total. The van der Waals surface area contributed by atoms with Gasteiger partial charge in [-0.1, -0.05) is 152 Å². The SMILES string of the molecule is c1ccc(-c2cccc(-c3oc(-c4c(-c5ccccc5)cccc4-n4c5ccccc5c5ccccc54)c4ccccc34)c2)cc1. The molecule has 0 aliphatic heterocycles.